The van der Waals surface area contributed by atoms with E-state index in [1.54, 1.807) is 12.1 Å². The molecule has 2 aromatic carbocycles. The van der Waals surface area contributed by atoms with Crippen LogP contribution in [0.4, 0.5) is 0 Å². The summed E-state index contributed by atoms with van der Waals surface area (Å²) in [6.45, 7) is 0. The van der Waals surface area contributed by atoms with Crippen molar-refractivity contribution in [1.29, 1.82) is 0 Å². The molecule has 1 heterocycles. The van der Waals surface area contributed by atoms with Crippen molar-refractivity contribution in [3.05, 3.63) is 41.5 Å². The molecule has 6 heteroatoms. The van der Waals surface area contributed by atoms with Gasteiger partial charge in [-0.25, -0.2) is 0 Å². The summed E-state index contributed by atoms with van der Waals surface area (Å²) in [5.41, 5.74) is 1.03. The maximum atomic E-state index is 10.3. The molecule has 0 bridgehead atoms. The molecular formula is C16H16O6. The fourth-order valence-electron chi connectivity index (χ4n) is 2.57. The van der Waals surface area contributed by atoms with Crippen molar-refractivity contribution in [2.24, 2.45) is 0 Å². The second kappa shape index (κ2) is 5.31. The topological polar surface area (TPSA) is 99.4 Å². The third-order valence-electron chi connectivity index (χ3n) is 3.74. The molecule has 0 aliphatic carbocycles. The summed E-state index contributed by atoms with van der Waals surface area (Å²) in [4.78, 5) is 0. The van der Waals surface area contributed by atoms with E-state index in [0.29, 0.717) is 22.6 Å². The average Bonchev–Trinajstić information content (AvgIpc) is 2.50. The van der Waals surface area contributed by atoms with Gasteiger partial charge in [-0.2, -0.15) is 0 Å². The summed E-state index contributed by atoms with van der Waals surface area (Å²) >= 11 is 0. The van der Waals surface area contributed by atoms with Crippen LogP contribution in [0.2, 0.25) is 0 Å². The maximum absolute atomic E-state index is 10.3. The Morgan fingerprint density at radius 3 is 2.50 bits per heavy atom. The first-order chi connectivity index (χ1) is 10.5. The van der Waals surface area contributed by atoms with Gasteiger partial charge in [0, 0.05) is 24.1 Å². The molecule has 0 amide bonds. The summed E-state index contributed by atoms with van der Waals surface area (Å²) in [7, 11) is 1.48. The number of aliphatic hydroxyl groups excluding tert-OH is 1. The van der Waals surface area contributed by atoms with E-state index < -0.39 is 12.2 Å². The van der Waals surface area contributed by atoms with Gasteiger partial charge in [-0.15, -0.1) is 0 Å². The largest absolute Gasteiger partial charge is 0.507 e. The minimum absolute atomic E-state index is 0.000373. The number of ether oxygens (including phenoxy) is 2. The number of hydrogen-bond acceptors (Lipinski definition) is 6. The smallest absolute Gasteiger partial charge is 0.157 e. The second-order valence-electron chi connectivity index (χ2n) is 5.18. The summed E-state index contributed by atoms with van der Waals surface area (Å²) in [6, 6.07) is 7.33. The summed E-state index contributed by atoms with van der Waals surface area (Å²) in [5.74, 6) is 0.335. The van der Waals surface area contributed by atoms with E-state index in [4.69, 9.17) is 9.47 Å². The molecule has 2 atom stereocenters. The van der Waals surface area contributed by atoms with Crippen molar-refractivity contribution in [3.63, 3.8) is 0 Å². The van der Waals surface area contributed by atoms with Crippen molar-refractivity contribution in [2.45, 2.75) is 18.6 Å². The Labute approximate surface area is 126 Å². The van der Waals surface area contributed by atoms with Gasteiger partial charge in [0.25, 0.3) is 0 Å². The molecule has 0 aromatic heterocycles. The number of aromatic hydroxyl groups is 3. The van der Waals surface area contributed by atoms with Crippen LogP contribution in [0.15, 0.2) is 30.3 Å². The predicted octanol–water partition coefficient (Wildman–Crippen LogP) is 1.85. The first kappa shape index (κ1) is 14.3. The summed E-state index contributed by atoms with van der Waals surface area (Å²) in [5, 5.41) is 39.2. The van der Waals surface area contributed by atoms with Crippen molar-refractivity contribution < 1.29 is 29.9 Å². The molecular weight excluding hydrogens is 288 g/mol. The van der Waals surface area contributed by atoms with Crippen LogP contribution in [0.25, 0.3) is 0 Å². The van der Waals surface area contributed by atoms with E-state index in [0.717, 1.165) is 0 Å². The zero-order chi connectivity index (χ0) is 15.9. The van der Waals surface area contributed by atoms with Crippen LogP contribution >= 0.6 is 0 Å². The van der Waals surface area contributed by atoms with Gasteiger partial charge in [-0.1, -0.05) is 6.07 Å². The van der Waals surface area contributed by atoms with Gasteiger partial charge in [0.1, 0.15) is 23.4 Å². The standard InChI is InChI=1S/C16H16O6/c1-21-9-5-12(18)10-7-14(20)16(22-15(10)6-9)8-2-3-11(17)13(19)4-8/h2-6,14,16-20H,7H2,1H3. The lowest BCUT2D eigenvalue weighted by atomic mass is 9.94. The molecule has 3 rings (SSSR count). The first-order valence-corrected chi connectivity index (χ1v) is 6.76. The fraction of sp³-hybridized carbons (Fsp3) is 0.250. The van der Waals surface area contributed by atoms with Crippen LogP contribution in [0, 0.1) is 0 Å². The van der Waals surface area contributed by atoms with Crippen LogP contribution in [-0.4, -0.2) is 33.6 Å². The monoisotopic (exact) mass is 304 g/mol. The van der Waals surface area contributed by atoms with Gasteiger partial charge >= 0.3 is 0 Å². The molecule has 116 valence electrons. The van der Waals surface area contributed by atoms with Gasteiger partial charge in [-0.05, 0) is 17.7 Å². The number of aliphatic hydroxyl groups is 1. The lowest BCUT2D eigenvalue weighted by Crippen LogP contribution is -2.30. The van der Waals surface area contributed by atoms with Crippen molar-refractivity contribution in [2.75, 3.05) is 7.11 Å². The van der Waals surface area contributed by atoms with Gasteiger partial charge in [-0.3, -0.25) is 0 Å². The van der Waals surface area contributed by atoms with Crippen molar-refractivity contribution >= 4 is 0 Å². The Bertz CT molecular complexity index is 712. The summed E-state index contributed by atoms with van der Waals surface area (Å²) in [6.07, 6.45) is -1.40. The minimum atomic E-state index is -0.893. The van der Waals surface area contributed by atoms with E-state index in [2.05, 4.69) is 0 Å². The lowest BCUT2D eigenvalue weighted by molar-refractivity contribution is 0.0197. The van der Waals surface area contributed by atoms with Gasteiger partial charge in [0.05, 0.1) is 13.2 Å². The molecule has 0 radical (unpaired) electrons. The van der Waals surface area contributed by atoms with Gasteiger partial charge in [0.2, 0.25) is 0 Å². The molecule has 1 aliphatic heterocycles. The van der Waals surface area contributed by atoms with E-state index in [1.165, 1.54) is 25.3 Å². The average molecular weight is 304 g/mol. The highest BCUT2D eigenvalue weighted by atomic mass is 16.5. The number of methoxy groups -OCH3 is 1. The maximum Gasteiger partial charge on any atom is 0.157 e. The zero-order valence-corrected chi connectivity index (χ0v) is 11.9. The van der Waals surface area contributed by atoms with Crippen LogP contribution in [0.3, 0.4) is 0 Å². The Morgan fingerprint density at radius 1 is 1.05 bits per heavy atom. The Hall–Kier alpha value is -2.60. The molecule has 1 aliphatic rings. The molecule has 0 saturated heterocycles. The number of phenolic OH excluding ortho intramolecular Hbond substituents is 3. The molecule has 2 unspecified atom stereocenters. The molecule has 4 N–H and O–H groups in total. The Balaban J connectivity index is 1.99. The molecule has 22 heavy (non-hydrogen) atoms. The molecule has 0 saturated carbocycles. The predicted molar refractivity (Wildman–Crippen MR) is 77.5 cm³/mol. The molecule has 2 aromatic rings. The SMILES string of the molecule is COc1cc(O)c2c(c1)OC(c1ccc(O)c(O)c1)C(O)C2. The normalized spacial score (nSPS) is 20.1. The molecule has 0 fully saturated rings. The van der Waals surface area contributed by atoms with Crippen LogP contribution in [0.1, 0.15) is 17.2 Å². The highest BCUT2D eigenvalue weighted by molar-refractivity contribution is 5.52. The summed E-state index contributed by atoms with van der Waals surface area (Å²) < 4.78 is 10.9. The third kappa shape index (κ3) is 2.37. The van der Waals surface area contributed by atoms with E-state index in [9.17, 15) is 20.4 Å². The highest BCUT2D eigenvalue weighted by Crippen LogP contribution is 2.42. The highest BCUT2D eigenvalue weighted by Gasteiger charge is 2.32. The fourth-order valence-corrected chi connectivity index (χ4v) is 2.57. The van der Waals surface area contributed by atoms with E-state index in [1.807, 2.05) is 0 Å². The Morgan fingerprint density at radius 2 is 1.82 bits per heavy atom. The number of benzene rings is 2. The number of rotatable bonds is 2. The van der Waals surface area contributed by atoms with Crippen molar-refractivity contribution in [3.8, 4) is 28.7 Å². The van der Waals surface area contributed by atoms with Crippen LogP contribution in [-0.2, 0) is 6.42 Å². The van der Waals surface area contributed by atoms with Gasteiger partial charge < -0.3 is 29.9 Å². The molecule has 0 spiro atoms. The van der Waals surface area contributed by atoms with Crippen LogP contribution < -0.4 is 9.47 Å². The molecule has 6 nitrogen and oxygen atoms in total. The lowest BCUT2D eigenvalue weighted by Gasteiger charge is -2.31. The third-order valence-corrected chi connectivity index (χ3v) is 3.74. The van der Waals surface area contributed by atoms with Gasteiger partial charge in [0.15, 0.2) is 11.5 Å². The number of hydrogen-bond donors (Lipinski definition) is 4. The first-order valence-electron chi connectivity index (χ1n) is 6.76. The van der Waals surface area contributed by atoms with Crippen molar-refractivity contribution in [1.82, 2.24) is 0 Å². The minimum Gasteiger partial charge on any atom is -0.507 e. The van der Waals surface area contributed by atoms with E-state index in [-0.39, 0.29) is 23.7 Å². The van der Waals surface area contributed by atoms with Crippen LogP contribution in [0.5, 0.6) is 28.7 Å². The Kier molecular flexibility index (Phi) is 3.46. The quantitative estimate of drug-likeness (QED) is 0.632. The van der Waals surface area contributed by atoms with E-state index >= 15 is 0 Å². The second-order valence-corrected chi connectivity index (χ2v) is 5.18. The number of fused-ring (bicyclic) bond motifs is 1. The number of phenols is 3. The zero-order valence-electron chi connectivity index (χ0n) is 11.9.